The van der Waals surface area contributed by atoms with E-state index in [1.165, 1.54) is 0 Å². The van der Waals surface area contributed by atoms with E-state index in [0.717, 1.165) is 6.42 Å². The van der Waals surface area contributed by atoms with Gasteiger partial charge in [-0.3, -0.25) is 9.59 Å². The number of benzene rings is 1. The van der Waals surface area contributed by atoms with Crippen LogP contribution in [0.25, 0.3) is 0 Å². The molecular formula is C13H17BrN2O2. The molecule has 0 aliphatic carbocycles. The molecule has 98 valence electrons. The van der Waals surface area contributed by atoms with Gasteiger partial charge in [0, 0.05) is 6.04 Å². The number of para-hydroxylation sites is 1. The van der Waals surface area contributed by atoms with Crippen molar-refractivity contribution >= 4 is 33.4 Å². The zero-order valence-electron chi connectivity index (χ0n) is 10.5. The van der Waals surface area contributed by atoms with Gasteiger partial charge in [0.1, 0.15) is 0 Å². The van der Waals surface area contributed by atoms with E-state index >= 15 is 0 Å². The second-order valence-electron chi connectivity index (χ2n) is 4.01. The summed E-state index contributed by atoms with van der Waals surface area (Å²) in [7, 11) is 0. The molecule has 0 spiro atoms. The van der Waals surface area contributed by atoms with Gasteiger partial charge in [-0.2, -0.15) is 0 Å². The summed E-state index contributed by atoms with van der Waals surface area (Å²) in [5.41, 5.74) is 1.01. The molecule has 0 bridgehead atoms. The first-order valence-corrected chi connectivity index (χ1v) is 6.96. The van der Waals surface area contributed by atoms with Crippen molar-refractivity contribution in [1.29, 1.82) is 0 Å². The monoisotopic (exact) mass is 312 g/mol. The van der Waals surface area contributed by atoms with Crippen LogP contribution < -0.4 is 10.6 Å². The molecule has 0 saturated heterocycles. The summed E-state index contributed by atoms with van der Waals surface area (Å²) in [4.78, 5) is 23.4. The summed E-state index contributed by atoms with van der Waals surface area (Å²) in [6, 6.07) is 7.07. The molecule has 1 rings (SSSR count). The van der Waals surface area contributed by atoms with E-state index in [-0.39, 0.29) is 23.2 Å². The minimum atomic E-state index is -0.182. The highest BCUT2D eigenvalue weighted by atomic mass is 79.9. The van der Waals surface area contributed by atoms with Gasteiger partial charge >= 0.3 is 0 Å². The van der Waals surface area contributed by atoms with Gasteiger partial charge in [0.25, 0.3) is 5.91 Å². The lowest BCUT2D eigenvalue weighted by atomic mass is 10.1. The molecule has 4 nitrogen and oxygen atoms in total. The van der Waals surface area contributed by atoms with Crippen LogP contribution in [-0.4, -0.2) is 23.2 Å². The number of carbonyl (C=O) groups excluding carboxylic acids is 2. The molecule has 0 radical (unpaired) electrons. The smallest absolute Gasteiger partial charge is 0.253 e. The average molecular weight is 313 g/mol. The van der Waals surface area contributed by atoms with Crippen LogP contribution in [0.2, 0.25) is 0 Å². The minimum absolute atomic E-state index is 0.109. The summed E-state index contributed by atoms with van der Waals surface area (Å²) in [6.45, 7) is 3.95. The number of nitrogens with one attached hydrogen (secondary N) is 2. The topological polar surface area (TPSA) is 58.2 Å². The van der Waals surface area contributed by atoms with Crippen molar-refractivity contribution in [3.05, 3.63) is 29.8 Å². The number of amides is 2. The van der Waals surface area contributed by atoms with Gasteiger partial charge in [-0.25, -0.2) is 0 Å². The molecule has 0 aromatic heterocycles. The summed E-state index contributed by atoms with van der Waals surface area (Å²) in [5, 5.41) is 5.76. The molecule has 1 unspecified atom stereocenters. The van der Waals surface area contributed by atoms with Gasteiger partial charge in [0.05, 0.1) is 16.6 Å². The Hall–Kier alpha value is -1.36. The molecule has 2 N–H and O–H groups in total. The zero-order valence-corrected chi connectivity index (χ0v) is 12.1. The van der Waals surface area contributed by atoms with E-state index in [2.05, 4.69) is 26.6 Å². The Kier molecular flexibility index (Phi) is 5.85. The van der Waals surface area contributed by atoms with Crippen LogP contribution in [0.1, 0.15) is 30.6 Å². The fraction of sp³-hybridized carbons (Fsp3) is 0.385. The molecule has 0 heterocycles. The summed E-state index contributed by atoms with van der Waals surface area (Å²) < 4.78 is 0. The molecule has 0 aliphatic rings. The van der Waals surface area contributed by atoms with Crippen molar-refractivity contribution < 1.29 is 9.59 Å². The second-order valence-corrected chi connectivity index (χ2v) is 4.57. The number of halogens is 1. The molecule has 18 heavy (non-hydrogen) atoms. The van der Waals surface area contributed by atoms with Crippen molar-refractivity contribution in [1.82, 2.24) is 5.32 Å². The maximum atomic E-state index is 12.0. The Labute approximate surface area is 115 Å². The Morgan fingerprint density at radius 2 is 2.00 bits per heavy atom. The van der Waals surface area contributed by atoms with Crippen molar-refractivity contribution in [3.8, 4) is 0 Å². The molecule has 5 heteroatoms. The molecule has 1 aromatic carbocycles. The van der Waals surface area contributed by atoms with Crippen molar-refractivity contribution in [2.45, 2.75) is 26.3 Å². The normalized spacial score (nSPS) is 11.7. The number of alkyl halides is 1. The third-order valence-corrected chi connectivity index (χ3v) is 3.07. The van der Waals surface area contributed by atoms with E-state index in [1.807, 2.05) is 13.8 Å². The van der Waals surface area contributed by atoms with Crippen LogP contribution in [0.15, 0.2) is 24.3 Å². The fourth-order valence-corrected chi connectivity index (χ4v) is 1.52. The van der Waals surface area contributed by atoms with Crippen LogP contribution >= 0.6 is 15.9 Å². The van der Waals surface area contributed by atoms with Crippen LogP contribution in [0.4, 0.5) is 5.69 Å². The van der Waals surface area contributed by atoms with Gasteiger partial charge < -0.3 is 10.6 Å². The number of hydrogen-bond donors (Lipinski definition) is 2. The fourth-order valence-electron chi connectivity index (χ4n) is 1.38. The van der Waals surface area contributed by atoms with Crippen LogP contribution in [0.5, 0.6) is 0 Å². The van der Waals surface area contributed by atoms with Crippen molar-refractivity contribution in [3.63, 3.8) is 0 Å². The molecule has 1 atom stereocenters. The Balaban J connectivity index is 2.87. The third-order valence-electron chi connectivity index (χ3n) is 2.56. The van der Waals surface area contributed by atoms with E-state index in [9.17, 15) is 9.59 Å². The highest BCUT2D eigenvalue weighted by molar-refractivity contribution is 9.09. The van der Waals surface area contributed by atoms with E-state index in [4.69, 9.17) is 0 Å². The Morgan fingerprint density at radius 3 is 2.61 bits per heavy atom. The number of carbonyl (C=O) groups is 2. The maximum Gasteiger partial charge on any atom is 0.253 e. The molecule has 0 saturated carbocycles. The number of hydrogen-bond acceptors (Lipinski definition) is 2. The van der Waals surface area contributed by atoms with Gasteiger partial charge in [0.2, 0.25) is 5.91 Å². The first kappa shape index (κ1) is 14.7. The quantitative estimate of drug-likeness (QED) is 0.821. The first-order valence-electron chi connectivity index (χ1n) is 5.84. The van der Waals surface area contributed by atoms with Crippen LogP contribution in [-0.2, 0) is 4.79 Å². The third kappa shape index (κ3) is 4.14. The standard InChI is InChI=1S/C13H17BrN2O2/c1-3-9(2)15-13(18)10-6-4-5-7-11(10)16-12(17)8-14/h4-7,9H,3,8H2,1-2H3,(H,15,18)(H,16,17). The van der Waals surface area contributed by atoms with Crippen LogP contribution in [0.3, 0.4) is 0 Å². The van der Waals surface area contributed by atoms with Crippen molar-refractivity contribution in [2.75, 3.05) is 10.6 Å². The zero-order chi connectivity index (χ0) is 13.5. The first-order chi connectivity index (χ1) is 8.58. The lowest BCUT2D eigenvalue weighted by Gasteiger charge is -2.14. The number of rotatable bonds is 5. The Bertz CT molecular complexity index is 435. The predicted octanol–water partition coefficient (Wildman–Crippen LogP) is 2.55. The Morgan fingerprint density at radius 1 is 1.33 bits per heavy atom. The lowest BCUT2D eigenvalue weighted by Crippen LogP contribution is -2.32. The molecule has 2 amide bonds. The molecule has 0 fully saturated rings. The van der Waals surface area contributed by atoms with E-state index in [0.29, 0.717) is 11.3 Å². The van der Waals surface area contributed by atoms with E-state index in [1.54, 1.807) is 24.3 Å². The van der Waals surface area contributed by atoms with Gasteiger partial charge in [0.15, 0.2) is 0 Å². The second kappa shape index (κ2) is 7.16. The average Bonchev–Trinajstić information content (AvgIpc) is 2.38. The maximum absolute atomic E-state index is 12.0. The predicted molar refractivity (Wildman–Crippen MR) is 76.1 cm³/mol. The van der Waals surface area contributed by atoms with Gasteiger partial charge in [-0.15, -0.1) is 0 Å². The SMILES string of the molecule is CCC(C)NC(=O)c1ccccc1NC(=O)CBr. The van der Waals surface area contributed by atoms with Crippen molar-refractivity contribution in [2.24, 2.45) is 0 Å². The van der Waals surface area contributed by atoms with E-state index < -0.39 is 0 Å². The highest BCUT2D eigenvalue weighted by Crippen LogP contribution is 2.15. The van der Waals surface area contributed by atoms with Gasteiger partial charge in [-0.05, 0) is 25.5 Å². The largest absolute Gasteiger partial charge is 0.350 e. The molecule has 0 aliphatic heterocycles. The highest BCUT2D eigenvalue weighted by Gasteiger charge is 2.13. The number of anilines is 1. The summed E-state index contributed by atoms with van der Waals surface area (Å²) in [6.07, 6.45) is 0.863. The lowest BCUT2D eigenvalue weighted by molar-refractivity contribution is -0.113. The van der Waals surface area contributed by atoms with Crippen LogP contribution in [0, 0.1) is 0 Å². The minimum Gasteiger partial charge on any atom is -0.350 e. The molecular weight excluding hydrogens is 296 g/mol. The molecule has 1 aromatic rings. The summed E-state index contributed by atoms with van der Waals surface area (Å²) in [5.74, 6) is -0.353. The van der Waals surface area contributed by atoms with Gasteiger partial charge in [-0.1, -0.05) is 35.0 Å². The summed E-state index contributed by atoms with van der Waals surface area (Å²) >= 11 is 3.07.